The molecule has 2 aliphatic rings. The van der Waals surface area contributed by atoms with Gasteiger partial charge in [-0.25, -0.2) is 9.97 Å². The zero-order chi connectivity index (χ0) is 23.8. The van der Waals surface area contributed by atoms with Crippen molar-refractivity contribution in [3.63, 3.8) is 0 Å². The number of ether oxygens (including phenoxy) is 1. The van der Waals surface area contributed by atoms with Gasteiger partial charge in [-0.05, 0) is 32.0 Å². The number of pyridine rings is 2. The van der Waals surface area contributed by atoms with Crippen LogP contribution in [0.1, 0.15) is 32.6 Å². The van der Waals surface area contributed by atoms with Crippen molar-refractivity contribution < 1.29 is 15.8 Å². The van der Waals surface area contributed by atoms with E-state index >= 15 is 0 Å². The third-order valence-corrected chi connectivity index (χ3v) is 6.69. The van der Waals surface area contributed by atoms with Gasteiger partial charge in [0.2, 0.25) is 5.91 Å². The molecule has 2 aliphatic heterocycles. The summed E-state index contributed by atoms with van der Waals surface area (Å²) >= 11 is 0. The number of rotatable bonds is 3. The van der Waals surface area contributed by atoms with E-state index in [-0.39, 0.29) is 25.3 Å². The van der Waals surface area contributed by atoms with Gasteiger partial charge in [0.25, 0.3) is 5.91 Å². The Morgan fingerprint density at radius 1 is 1.15 bits per heavy atom. The normalized spacial score (nSPS) is 21.2. The molecule has 0 unspecified atom stereocenters. The van der Waals surface area contributed by atoms with Crippen LogP contribution in [-0.4, -0.2) is 88.0 Å². The van der Waals surface area contributed by atoms with Gasteiger partial charge in [-0.2, -0.15) is 0 Å². The Bertz CT molecular complexity index is 1210. The van der Waals surface area contributed by atoms with E-state index in [1.165, 1.54) is 0 Å². The summed E-state index contributed by atoms with van der Waals surface area (Å²) < 4.78 is 5.37. The molecular weight excluding hydrogens is 432 g/mol. The summed E-state index contributed by atoms with van der Waals surface area (Å²) in [6.07, 6.45) is 3.52. The molecule has 0 radical (unpaired) electrons. The molecule has 0 aromatic carbocycles. The van der Waals surface area contributed by atoms with E-state index in [0.717, 1.165) is 41.2 Å². The topological polar surface area (TPSA) is 94.7 Å². The Balaban J connectivity index is 0.00000289. The molecule has 9 nitrogen and oxygen atoms in total. The van der Waals surface area contributed by atoms with Gasteiger partial charge in [0.1, 0.15) is 11.5 Å². The molecule has 34 heavy (non-hydrogen) atoms. The number of H-pyrrole nitrogens is 1. The zero-order valence-electron chi connectivity index (χ0n) is 19.8. The number of nitrogens with zero attached hydrogens (tertiary/aromatic N) is 5. The first kappa shape index (κ1) is 22.3. The van der Waals surface area contributed by atoms with E-state index < -0.39 is 0 Å². The summed E-state index contributed by atoms with van der Waals surface area (Å²) in [5.74, 6) is 0.954. The first-order valence-corrected chi connectivity index (χ1v) is 11.8. The molecule has 5 heterocycles. The SMILES string of the molecule is CC(=O)N1[C@H](C)CN(c2cccc(-c3c[nH]c4ncc(C(=O)N5CCOCC5)cc34)n2)C[C@@H]1C.[HH]. The lowest BCUT2D eigenvalue weighted by molar-refractivity contribution is -0.133. The summed E-state index contributed by atoms with van der Waals surface area (Å²) in [4.78, 5) is 43.6. The van der Waals surface area contributed by atoms with Crippen molar-refractivity contribution >= 4 is 28.7 Å². The first-order valence-electron chi connectivity index (χ1n) is 11.8. The quantitative estimate of drug-likeness (QED) is 0.641. The van der Waals surface area contributed by atoms with Crippen LogP contribution in [-0.2, 0) is 9.53 Å². The molecule has 2 amide bonds. The number of hydrogen-bond donors (Lipinski definition) is 1. The van der Waals surface area contributed by atoms with Crippen molar-refractivity contribution in [3.05, 3.63) is 42.2 Å². The van der Waals surface area contributed by atoms with Gasteiger partial charge in [-0.3, -0.25) is 9.59 Å². The van der Waals surface area contributed by atoms with Gasteiger partial charge >= 0.3 is 0 Å². The molecule has 5 rings (SSSR count). The molecule has 3 aromatic rings. The second-order valence-electron chi connectivity index (χ2n) is 9.14. The Labute approximate surface area is 200 Å². The predicted octanol–water partition coefficient (Wildman–Crippen LogP) is 2.79. The number of nitrogens with one attached hydrogen (secondary N) is 1. The number of morpholine rings is 1. The summed E-state index contributed by atoms with van der Waals surface area (Å²) in [6.45, 7) is 9.55. The molecule has 0 bridgehead atoms. The average molecular weight is 465 g/mol. The minimum atomic E-state index is -0.0297. The van der Waals surface area contributed by atoms with E-state index in [2.05, 4.69) is 28.7 Å². The predicted molar refractivity (Wildman–Crippen MR) is 132 cm³/mol. The van der Waals surface area contributed by atoms with Crippen molar-refractivity contribution in [3.8, 4) is 11.3 Å². The van der Waals surface area contributed by atoms with Gasteiger partial charge in [0.05, 0.1) is 24.5 Å². The smallest absolute Gasteiger partial charge is 0.255 e. The highest BCUT2D eigenvalue weighted by molar-refractivity contribution is 6.00. The molecule has 3 aromatic heterocycles. The fourth-order valence-electron chi connectivity index (χ4n) is 5.16. The third kappa shape index (κ3) is 4.11. The number of aromatic amines is 1. The van der Waals surface area contributed by atoms with Gasteiger partial charge in [0.15, 0.2) is 0 Å². The van der Waals surface area contributed by atoms with Crippen LogP contribution in [0.4, 0.5) is 5.82 Å². The number of anilines is 1. The lowest BCUT2D eigenvalue weighted by atomic mass is 10.1. The lowest BCUT2D eigenvalue weighted by Gasteiger charge is -2.44. The number of carbonyl (C=O) groups excluding carboxylic acids is 2. The minimum Gasteiger partial charge on any atom is -0.378 e. The largest absolute Gasteiger partial charge is 0.378 e. The highest BCUT2D eigenvalue weighted by Gasteiger charge is 2.31. The van der Waals surface area contributed by atoms with E-state index in [9.17, 15) is 9.59 Å². The van der Waals surface area contributed by atoms with Crippen LogP contribution in [0.2, 0.25) is 0 Å². The van der Waals surface area contributed by atoms with Crippen molar-refractivity contribution in [2.24, 2.45) is 0 Å². The second kappa shape index (κ2) is 9.06. The summed E-state index contributed by atoms with van der Waals surface area (Å²) in [7, 11) is 0. The number of aromatic nitrogens is 3. The molecule has 2 fully saturated rings. The average Bonchev–Trinajstić information content (AvgIpc) is 3.27. The lowest BCUT2D eigenvalue weighted by Crippen LogP contribution is -2.58. The van der Waals surface area contributed by atoms with Gasteiger partial charge < -0.3 is 24.4 Å². The molecule has 2 saturated heterocycles. The third-order valence-electron chi connectivity index (χ3n) is 6.69. The molecular formula is C25H32N6O3. The van der Waals surface area contributed by atoms with E-state index in [1.807, 2.05) is 35.4 Å². The highest BCUT2D eigenvalue weighted by atomic mass is 16.5. The van der Waals surface area contributed by atoms with Crippen LogP contribution in [0, 0.1) is 0 Å². The molecule has 0 saturated carbocycles. The maximum Gasteiger partial charge on any atom is 0.255 e. The molecule has 1 N–H and O–H groups in total. The Hall–Kier alpha value is -3.46. The maximum atomic E-state index is 13.0. The molecule has 0 aliphatic carbocycles. The summed E-state index contributed by atoms with van der Waals surface area (Å²) in [5, 5.41) is 0.867. The van der Waals surface area contributed by atoms with E-state index in [4.69, 9.17) is 9.72 Å². The number of hydrogen-bond acceptors (Lipinski definition) is 6. The molecule has 2 atom stereocenters. The minimum absolute atomic E-state index is 0. The maximum absolute atomic E-state index is 13.0. The monoisotopic (exact) mass is 464 g/mol. The number of amides is 2. The number of fused-ring (bicyclic) bond motifs is 1. The van der Waals surface area contributed by atoms with Crippen LogP contribution in [0.5, 0.6) is 0 Å². The number of piperazine rings is 1. The van der Waals surface area contributed by atoms with Crippen molar-refractivity contribution in [1.82, 2.24) is 24.8 Å². The van der Waals surface area contributed by atoms with Crippen molar-refractivity contribution in [1.29, 1.82) is 0 Å². The highest BCUT2D eigenvalue weighted by Crippen LogP contribution is 2.30. The van der Waals surface area contributed by atoms with Gasteiger partial charge in [-0.1, -0.05) is 6.07 Å². The fourth-order valence-corrected chi connectivity index (χ4v) is 5.16. The van der Waals surface area contributed by atoms with Crippen LogP contribution in [0.3, 0.4) is 0 Å². The Kier molecular flexibility index (Phi) is 5.95. The number of carbonyl (C=O) groups is 2. The molecule has 0 spiro atoms. The molecule has 180 valence electrons. The second-order valence-corrected chi connectivity index (χ2v) is 9.14. The van der Waals surface area contributed by atoms with E-state index in [1.54, 1.807) is 18.0 Å². The van der Waals surface area contributed by atoms with Crippen molar-refractivity contribution in [2.75, 3.05) is 44.3 Å². The van der Waals surface area contributed by atoms with Gasteiger partial charge in [-0.15, -0.1) is 0 Å². The van der Waals surface area contributed by atoms with Crippen LogP contribution < -0.4 is 4.90 Å². The van der Waals surface area contributed by atoms with Crippen LogP contribution >= 0.6 is 0 Å². The van der Waals surface area contributed by atoms with Crippen molar-refractivity contribution in [2.45, 2.75) is 32.9 Å². The summed E-state index contributed by atoms with van der Waals surface area (Å²) in [6, 6.07) is 8.10. The first-order chi connectivity index (χ1) is 16.4. The Morgan fingerprint density at radius 3 is 2.59 bits per heavy atom. The van der Waals surface area contributed by atoms with E-state index in [0.29, 0.717) is 31.9 Å². The van der Waals surface area contributed by atoms with Crippen LogP contribution in [0.25, 0.3) is 22.3 Å². The van der Waals surface area contributed by atoms with Gasteiger partial charge in [0, 0.05) is 70.0 Å². The molecule has 9 heteroatoms. The standard InChI is InChI=1S/C25H30N6O3.H2/c1-16-14-30(15-17(2)31(16)18(3)32)23-6-4-5-22(28-23)21-13-27-24-20(21)11-19(12-26-24)25(33)29-7-9-34-10-8-29;/h4-6,11-13,16-17H,7-10,14-15H2,1-3H3,(H,26,27);1H/t16-,17+;. The van der Waals surface area contributed by atoms with Crippen LogP contribution in [0.15, 0.2) is 36.7 Å². The zero-order valence-corrected chi connectivity index (χ0v) is 19.8. The summed E-state index contributed by atoms with van der Waals surface area (Å²) in [5.41, 5.74) is 3.01. The fraction of sp³-hybridized carbons (Fsp3) is 0.440. The Morgan fingerprint density at radius 2 is 1.88 bits per heavy atom.